The van der Waals surface area contributed by atoms with Gasteiger partial charge in [-0.05, 0) is 67.7 Å². The van der Waals surface area contributed by atoms with Gasteiger partial charge in [0.1, 0.15) is 0 Å². The third kappa shape index (κ3) is 9.45. The van der Waals surface area contributed by atoms with E-state index in [4.69, 9.17) is 0 Å². The lowest BCUT2D eigenvalue weighted by Crippen LogP contribution is -2.50. The number of nitrogens with zero attached hydrogens (tertiary/aromatic N) is 1. The summed E-state index contributed by atoms with van der Waals surface area (Å²) < 4.78 is 29.4. The summed E-state index contributed by atoms with van der Waals surface area (Å²) in [6.45, 7) is 3.66. The lowest BCUT2D eigenvalue weighted by Gasteiger charge is -2.29. The van der Waals surface area contributed by atoms with Gasteiger partial charge < -0.3 is 26.6 Å². The Labute approximate surface area is 268 Å². The quantitative estimate of drug-likeness (QED) is 0.178. The number of benzene rings is 2. The third-order valence-electron chi connectivity index (χ3n) is 7.87. The van der Waals surface area contributed by atoms with Crippen LogP contribution in [0.4, 0.5) is 5.69 Å². The molecule has 242 valence electrons. The molecule has 2 fully saturated rings. The van der Waals surface area contributed by atoms with Gasteiger partial charge in [0, 0.05) is 56.1 Å². The Balaban J connectivity index is 1.34. The Bertz CT molecular complexity index is 1490. The second kappa shape index (κ2) is 15.1. The molecule has 1 unspecified atom stereocenters. The first-order valence-corrected chi connectivity index (χ1v) is 17.7. The molecule has 3 amide bonds. The van der Waals surface area contributed by atoms with Gasteiger partial charge in [0.25, 0.3) is 11.8 Å². The second-order valence-corrected chi connectivity index (χ2v) is 14.4. The summed E-state index contributed by atoms with van der Waals surface area (Å²) in [4.78, 5) is 39.6. The highest BCUT2D eigenvalue weighted by atomic mass is 32.2. The first-order chi connectivity index (χ1) is 21.7. The van der Waals surface area contributed by atoms with Crippen LogP contribution in [0.15, 0.2) is 60.1 Å². The van der Waals surface area contributed by atoms with Crippen molar-refractivity contribution in [3.8, 4) is 0 Å². The molecule has 1 saturated carbocycles. The van der Waals surface area contributed by atoms with Crippen LogP contribution >= 0.6 is 11.8 Å². The fourth-order valence-electron chi connectivity index (χ4n) is 5.09. The Kier molecular flexibility index (Phi) is 11.0. The average molecular weight is 656 g/mol. The SMILES string of the molecule is C[C@H](NC[C@H](Cc1ccccc1)NC(=O)c1cc(C(=O)NCC2NC=CS2)cc(N2CCCNS2(=O)=O)c1)C(=O)NCC1CC1. The van der Waals surface area contributed by atoms with Crippen LogP contribution in [0, 0.1) is 5.92 Å². The maximum Gasteiger partial charge on any atom is 0.301 e. The number of carbonyl (C=O) groups excluding carboxylic acids is 3. The highest BCUT2D eigenvalue weighted by Crippen LogP contribution is 2.27. The van der Waals surface area contributed by atoms with E-state index in [2.05, 4.69) is 31.3 Å². The number of hydrogen-bond acceptors (Lipinski definition) is 8. The summed E-state index contributed by atoms with van der Waals surface area (Å²) in [5.41, 5.74) is 1.56. The zero-order valence-electron chi connectivity index (χ0n) is 25.3. The van der Waals surface area contributed by atoms with Crippen molar-refractivity contribution in [2.24, 2.45) is 5.92 Å². The molecule has 14 heteroatoms. The minimum Gasteiger partial charge on any atom is -0.377 e. The van der Waals surface area contributed by atoms with E-state index in [9.17, 15) is 22.8 Å². The number of carbonyl (C=O) groups is 3. The van der Waals surface area contributed by atoms with Crippen molar-refractivity contribution in [1.82, 2.24) is 31.3 Å². The molecule has 3 atom stereocenters. The van der Waals surface area contributed by atoms with Gasteiger partial charge in [-0.15, -0.1) is 11.8 Å². The highest BCUT2D eigenvalue weighted by molar-refractivity contribution is 8.02. The molecule has 1 aliphatic carbocycles. The predicted octanol–water partition coefficient (Wildman–Crippen LogP) is 1.44. The Morgan fingerprint density at radius 2 is 1.78 bits per heavy atom. The van der Waals surface area contributed by atoms with Crippen molar-refractivity contribution in [2.45, 2.75) is 50.1 Å². The van der Waals surface area contributed by atoms with Crippen LogP contribution < -0.4 is 35.6 Å². The standard InChI is InChI=1S/C31H41N7O5S2/c1-21(29(39)34-18-23-8-9-23)33-19-26(14-22-6-3-2-4-7-22)37-31(41)25-15-24(30(40)35-20-28-32-11-13-44-28)16-27(17-25)38-12-5-10-36-45(38,42)43/h2-4,6-7,11,13,15-17,21,23,26,28,32-33,36H,5,8-10,12,14,18-20H2,1H3,(H,34,39)(H,35,40)(H,37,41)/t21-,26-,28?/m0/s1. The van der Waals surface area contributed by atoms with E-state index < -0.39 is 34.1 Å². The fourth-order valence-corrected chi connectivity index (χ4v) is 7.09. The third-order valence-corrected chi connectivity index (χ3v) is 10.3. The van der Waals surface area contributed by atoms with E-state index in [1.54, 1.807) is 13.1 Å². The average Bonchev–Trinajstić information content (AvgIpc) is 3.72. The number of nitrogens with one attached hydrogen (secondary N) is 6. The minimum atomic E-state index is -3.83. The van der Waals surface area contributed by atoms with E-state index in [1.165, 1.54) is 34.3 Å². The molecule has 3 aliphatic rings. The van der Waals surface area contributed by atoms with E-state index >= 15 is 0 Å². The molecule has 12 nitrogen and oxygen atoms in total. The molecule has 45 heavy (non-hydrogen) atoms. The zero-order valence-corrected chi connectivity index (χ0v) is 26.9. The number of amides is 3. The van der Waals surface area contributed by atoms with Crippen LogP contribution in [-0.4, -0.2) is 76.3 Å². The smallest absolute Gasteiger partial charge is 0.301 e. The van der Waals surface area contributed by atoms with Crippen LogP contribution in [0.2, 0.25) is 0 Å². The van der Waals surface area contributed by atoms with Gasteiger partial charge in [0.2, 0.25) is 5.91 Å². The van der Waals surface area contributed by atoms with Crippen LogP contribution in [-0.2, 0) is 21.4 Å². The highest BCUT2D eigenvalue weighted by Gasteiger charge is 2.28. The lowest BCUT2D eigenvalue weighted by atomic mass is 10.0. The van der Waals surface area contributed by atoms with Crippen molar-refractivity contribution in [2.75, 3.05) is 37.0 Å². The van der Waals surface area contributed by atoms with Gasteiger partial charge >= 0.3 is 10.2 Å². The van der Waals surface area contributed by atoms with Crippen molar-refractivity contribution in [3.63, 3.8) is 0 Å². The van der Waals surface area contributed by atoms with Crippen molar-refractivity contribution in [1.29, 1.82) is 0 Å². The van der Waals surface area contributed by atoms with Crippen LogP contribution in [0.3, 0.4) is 0 Å². The monoisotopic (exact) mass is 655 g/mol. The van der Waals surface area contributed by atoms with Crippen molar-refractivity contribution < 1.29 is 22.8 Å². The summed E-state index contributed by atoms with van der Waals surface area (Å²) in [5, 5.41) is 17.2. The molecule has 5 rings (SSSR count). The van der Waals surface area contributed by atoms with Crippen LogP contribution in [0.5, 0.6) is 0 Å². The van der Waals surface area contributed by atoms with Crippen LogP contribution in [0.25, 0.3) is 0 Å². The van der Waals surface area contributed by atoms with E-state index in [-0.39, 0.29) is 34.6 Å². The first-order valence-electron chi connectivity index (χ1n) is 15.3. The topological polar surface area (TPSA) is 161 Å². The summed E-state index contributed by atoms with van der Waals surface area (Å²) in [6.07, 6.45) is 5.17. The summed E-state index contributed by atoms with van der Waals surface area (Å²) in [5.74, 6) is -0.400. The largest absolute Gasteiger partial charge is 0.377 e. The Morgan fingerprint density at radius 1 is 1.02 bits per heavy atom. The second-order valence-electron chi connectivity index (χ2n) is 11.6. The number of thioether (sulfide) groups is 1. The van der Waals surface area contributed by atoms with E-state index in [1.807, 2.05) is 35.7 Å². The molecular weight excluding hydrogens is 615 g/mol. The molecule has 0 radical (unpaired) electrons. The van der Waals surface area contributed by atoms with Crippen molar-refractivity contribution in [3.05, 3.63) is 76.8 Å². The molecular formula is C31H41N7O5S2. The van der Waals surface area contributed by atoms with E-state index in [0.717, 1.165) is 18.4 Å². The van der Waals surface area contributed by atoms with Gasteiger partial charge in [-0.1, -0.05) is 30.3 Å². The molecule has 2 heterocycles. The molecule has 2 aromatic carbocycles. The normalized spacial score (nSPS) is 20.1. The minimum absolute atomic E-state index is 0.0176. The summed E-state index contributed by atoms with van der Waals surface area (Å²) in [7, 11) is -3.83. The number of hydrogen-bond donors (Lipinski definition) is 6. The van der Waals surface area contributed by atoms with Gasteiger partial charge in [-0.25, -0.2) is 0 Å². The molecule has 2 aliphatic heterocycles. The lowest BCUT2D eigenvalue weighted by molar-refractivity contribution is -0.122. The van der Waals surface area contributed by atoms with Gasteiger partial charge in [0.15, 0.2) is 0 Å². The fraction of sp³-hybridized carbons (Fsp3) is 0.452. The number of rotatable bonds is 14. The van der Waals surface area contributed by atoms with Gasteiger partial charge in [-0.2, -0.15) is 13.1 Å². The zero-order chi connectivity index (χ0) is 31.8. The molecule has 1 saturated heterocycles. The molecule has 0 bridgehead atoms. The predicted molar refractivity (Wildman–Crippen MR) is 176 cm³/mol. The Morgan fingerprint density at radius 3 is 2.47 bits per heavy atom. The van der Waals surface area contributed by atoms with Gasteiger partial charge in [0.05, 0.1) is 17.1 Å². The molecule has 2 aromatic rings. The van der Waals surface area contributed by atoms with Crippen LogP contribution in [0.1, 0.15) is 52.5 Å². The van der Waals surface area contributed by atoms with Gasteiger partial charge in [-0.3, -0.25) is 18.7 Å². The Hall–Kier alpha value is -3.59. The summed E-state index contributed by atoms with van der Waals surface area (Å²) >= 11 is 1.54. The maximum atomic E-state index is 13.8. The maximum absolute atomic E-state index is 13.8. The molecule has 0 spiro atoms. The summed E-state index contributed by atoms with van der Waals surface area (Å²) in [6, 6.07) is 13.3. The molecule has 6 N–H and O–H groups in total. The first kappa shape index (κ1) is 32.8. The van der Waals surface area contributed by atoms with E-state index in [0.29, 0.717) is 44.9 Å². The number of anilines is 1. The molecule has 0 aromatic heterocycles. The van der Waals surface area contributed by atoms with Crippen molar-refractivity contribution >= 4 is 45.4 Å².